The molecule has 0 aromatic heterocycles. The molecule has 12 heteroatoms. The number of hydrogen-bond donors (Lipinski definition) is 1. The molecule has 0 bridgehead atoms. The zero-order valence-corrected chi connectivity index (χ0v) is 21.2. The molecular formula is C22H25Cl2N3O6S. The lowest BCUT2D eigenvalue weighted by atomic mass is 10.1. The number of rotatable bonds is 9. The monoisotopic (exact) mass is 529 g/mol. The molecule has 2 aromatic carbocycles. The van der Waals surface area contributed by atoms with E-state index in [9.17, 15) is 18.0 Å². The highest BCUT2D eigenvalue weighted by molar-refractivity contribution is 7.92. The maximum Gasteiger partial charge on any atom is 0.244 e. The van der Waals surface area contributed by atoms with E-state index in [1.165, 1.54) is 24.1 Å². The lowest BCUT2D eigenvalue weighted by molar-refractivity contribution is -0.140. The molecule has 0 spiro atoms. The van der Waals surface area contributed by atoms with Gasteiger partial charge in [0.1, 0.15) is 12.6 Å². The number of benzene rings is 2. The number of likely N-dealkylation sites (N-methyl/N-ethyl adjacent to an activating group) is 1. The molecule has 0 saturated carbocycles. The highest BCUT2D eigenvalue weighted by Gasteiger charge is 2.32. The molecule has 1 unspecified atom stereocenters. The normalized spacial score (nSPS) is 13.3. The Morgan fingerprint density at radius 2 is 1.76 bits per heavy atom. The Bertz CT molecular complexity index is 1170. The van der Waals surface area contributed by atoms with Gasteiger partial charge in [-0.05, 0) is 30.7 Å². The van der Waals surface area contributed by atoms with Gasteiger partial charge in [0.25, 0.3) is 0 Å². The van der Waals surface area contributed by atoms with Gasteiger partial charge < -0.3 is 19.7 Å². The van der Waals surface area contributed by atoms with Crippen molar-refractivity contribution < 1.29 is 27.5 Å². The summed E-state index contributed by atoms with van der Waals surface area (Å²) in [6.45, 7) is 1.14. The van der Waals surface area contributed by atoms with Crippen LogP contribution in [0.2, 0.25) is 10.0 Å². The number of halogens is 2. The number of carbonyl (C=O) groups is 2. The van der Waals surface area contributed by atoms with Crippen molar-refractivity contribution in [2.24, 2.45) is 0 Å². The number of ether oxygens (including phenoxy) is 2. The van der Waals surface area contributed by atoms with Crippen molar-refractivity contribution in [1.29, 1.82) is 0 Å². The van der Waals surface area contributed by atoms with E-state index in [4.69, 9.17) is 32.7 Å². The summed E-state index contributed by atoms with van der Waals surface area (Å²) in [5, 5.41) is 3.20. The second kappa shape index (κ2) is 10.7. The first-order chi connectivity index (χ1) is 16.1. The van der Waals surface area contributed by atoms with Crippen LogP contribution in [0.5, 0.6) is 11.5 Å². The molecule has 1 heterocycles. The number of fused-ring (bicyclic) bond motifs is 1. The Kier molecular flexibility index (Phi) is 8.17. The van der Waals surface area contributed by atoms with Crippen molar-refractivity contribution in [2.75, 3.05) is 30.9 Å². The van der Waals surface area contributed by atoms with Crippen LogP contribution in [0.3, 0.4) is 0 Å². The number of sulfonamides is 1. The van der Waals surface area contributed by atoms with Crippen molar-refractivity contribution in [1.82, 2.24) is 10.2 Å². The standard InChI is InChI=1S/C22H25Cl2N3O6S/c1-4-18(22(29)25-2)26(11-15-16(23)6-5-7-17(15)24)21(28)12-27(34(3,30)31)14-8-9-19-20(10-14)33-13-32-19/h5-10,18H,4,11-13H2,1-3H3,(H,25,29). The van der Waals surface area contributed by atoms with Crippen LogP contribution in [-0.2, 0) is 26.2 Å². The summed E-state index contributed by atoms with van der Waals surface area (Å²) in [7, 11) is -2.41. The average molecular weight is 530 g/mol. The van der Waals surface area contributed by atoms with E-state index in [0.29, 0.717) is 27.1 Å². The first kappa shape index (κ1) is 25.9. The summed E-state index contributed by atoms with van der Waals surface area (Å²) in [4.78, 5) is 27.4. The molecule has 0 saturated heterocycles. The summed E-state index contributed by atoms with van der Waals surface area (Å²) < 4.78 is 36.9. The van der Waals surface area contributed by atoms with Crippen LogP contribution < -0.4 is 19.1 Å². The van der Waals surface area contributed by atoms with Gasteiger partial charge in [0.05, 0.1) is 11.9 Å². The second-order valence-electron chi connectivity index (χ2n) is 7.57. The van der Waals surface area contributed by atoms with Gasteiger partial charge in [-0.2, -0.15) is 0 Å². The van der Waals surface area contributed by atoms with E-state index >= 15 is 0 Å². The van der Waals surface area contributed by atoms with Crippen LogP contribution in [0.15, 0.2) is 36.4 Å². The quantitative estimate of drug-likeness (QED) is 0.535. The summed E-state index contributed by atoms with van der Waals surface area (Å²) in [5.74, 6) is -0.151. The van der Waals surface area contributed by atoms with E-state index in [1.54, 1.807) is 31.2 Å². The molecule has 34 heavy (non-hydrogen) atoms. The van der Waals surface area contributed by atoms with Gasteiger partial charge in [-0.15, -0.1) is 0 Å². The van der Waals surface area contributed by atoms with E-state index in [2.05, 4.69) is 5.32 Å². The Morgan fingerprint density at radius 1 is 1.12 bits per heavy atom. The topological polar surface area (TPSA) is 105 Å². The molecule has 3 rings (SSSR count). The van der Waals surface area contributed by atoms with Crippen LogP contribution in [0, 0.1) is 0 Å². The van der Waals surface area contributed by atoms with Crippen LogP contribution >= 0.6 is 23.2 Å². The Hall–Kier alpha value is -2.69. The van der Waals surface area contributed by atoms with Gasteiger partial charge in [-0.3, -0.25) is 13.9 Å². The van der Waals surface area contributed by atoms with Gasteiger partial charge >= 0.3 is 0 Å². The van der Waals surface area contributed by atoms with Crippen molar-refractivity contribution in [2.45, 2.75) is 25.9 Å². The van der Waals surface area contributed by atoms with Gasteiger partial charge in [0.15, 0.2) is 11.5 Å². The number of nitrogens with one attached hydrogen (secondary N) is 1. The zero-order valence-electron chi connectivity index (χ0n) is 18.9. The molecule has 1 aliphatic heterocycles. The third-order valence-corrected chi connectivity index (χ3v) is 7.19. The maximum atomic E-state index is 13.6. The third-order valence-electron chi connectivity index (χ3n) is 5.35. The molecule has 1 aliphatic rings. The van der Waals surface area contributed by atoms with Crippen LogP contribution in [0.25, 0.3) is 0 Å². The first-order valence-electron chi connectivity index (χ1n) is 10.4. The fraction of sp³-hybridized carbons (Fsp3) is 0.364. The number of amides is 2. The van der Waals surface area contributed by atoms with Gasteiger partial charge in [-0.1, -0.05) is 36.2 Å². The number of nitrogens with zero attached hydrogens (tertiary/aromatic N) is 2. The highest BCUT2D eigenvalue weighted by Crippen LogP contribution is 2.36. The maximum absolute atomic E-state index is 13.6. The van der Waals surface area contributed by atoms with Crippen molar-refractivity contribution >= 4 is 50.7 Å². The Balaban J connectivity index is 1.98. The van der Waals surface area contributed by atoms with E-state index in [0.717, 1.165) is 10.6 Å². The third kappa shape index (κ3) is 5.68. The molecular weight excluding hydrogens is 505 g/mol. The summed E-state index contributed by atoms with van der Waals surface area (Å²) in [6, 6.07) is 8.63. The predicted molar refractivity (Wildman–Crippen MR) is 130 cm³/mol. The number of anilines is 1. The van der Waals surface area contributed by atoms with Crippen molar-refractivity contribution in [3.05, 3.63) is 52.0 Å². The number of hydrogen-bond acceptors (Lipinski definition) is 6. The van der Waals surface area contributed by atoms with Gasteiger partial charge in [0, 0.05) is 35.3 Å². The van der Waals surface area contributed by atoms with Crippen LogP contribution in [0.1, 0.15) is 18.9 Å². The Labute approximate surface area is 208 Å². The molecule has 1 atom stereocenters. The molecule has 2 aromatic rings. The molecule has 2 amide bonds. The molecule has 0 fully saturated rings. The summed E-state index contributed by atoms with van der Waals surface area (Å²) >= 11 is 12.6. The van der Waals surface area contributed by atoms with E-state index in [-0.39, 0.29) is 25.4 Å². The van der Waals surface area contributed by atoms with Crippen molar-refractivity contribution in [3.8, 4) is 11.5 Å². The minimum absolute atomic E-state index is 0.0211. The van der Waals surface area contributed by atoms with E-state index < -0.39 is 34.4 Å². The minimum atomic E-state index is -3.87. The first-order valence-corrected chi connectivity index (χ1v) is 13.0. The fourth-order valence-corrected chi connectivity index (χ4v) is 4.95. The molecule has 1 N–H and O–H groups in total. The lowest BCUT2D eigenvalue weighted by Gasteiger charge is -2.33. The zero-order chi connectivity index (χ0) is 25.0. The molecule has 9 nitrogen and oxygen atoms in total. The Morgan fingerprint density at radius 3 is 2.35 bits per heavy atom. The smallest absolute Gasteiger partial charge is 0.244 e. The molecule has 0 aliphatic carbocycles. The van der Waals surface area contributed by atoms with Crippen LogP contribution in [-0.4, -0.2) is 57.8 Å². The van der Waals surface area contributed by atoms with Crippen LogP contribution in [0.4, 0.5) is 5.69 Å². The largest absolute Gasteiger partial charge is 0.454 e. The fourth-order valence-electron chi connectivity index (χ4n) is 3.59. The predicted octanol–water partition coefficient (Wildman–Crippen LogP) is 3.04. The van der Waals surface area contributed by atoms with Gasteiger partial charge in [-0.25, -0.2) is 8.42 Å². The van der Waals surface area contributed by atoms with E-state index in [1.807, 2.05) is 0 Å². The average Bonchev–Trinajstić information content (AvgIpc) is 3.25. The molecule has 0 radical (unpaired) electrons. The molecule has 184 valence electrons. The van der Waals surface area contributed by atoms with Crippen molar-refractivity contribution in [3.63, 3.8) is 0 Å². The minimum Gasteiger partial charge on any atom is -0.454 e. The summed E-state index contributed by atoms with van der Waals surface area (Å²) in [5.41, 5.74) is 0.680. The SMILES string of the molecule is CCC(C(=O)NC)N(Cc1c(Cl)cccc1Cl)C(=O)CN(c1ccc2c(c1)OCO2)S(C)(=O)=O. The summed E-state index contributed by atoms with van der Waals surface area (Å²) in [6.07, 6.45) is 1.28. The van der Waals surface area contributed by atoms with Gasteiger partial charge in [0.2, 0.25) is 28.6 Å². The number of carbonyl (C=O) groups excluding carboxylic acids is 2. The lowest BCUT2D eigenvalue weighted by Crippen LogP contribution is -2.51. The second-order valence-corrected chi connectivity index (χ2v) is 10.3. The highest BCUT2D eigenvalue weighted by atomic mass is 35.5.